The fraction of sp³-hybridized carbons (Fsp3) is 0.235. The lowest BCUT2D eigenvalue weighted by atomic mass is 9.78. The maximum atomic E-state index is 2.55. The van der Waals surface area contributed by atoms with Crippen LogP contribution in [0.2, 0.25) is 0 Å². The second-order valence-corrected chi connectivity index (χ2v) is 24.0. The van der Waals surface area contributed by atoms with Gasteiger partial charge in [0.1, 0.15) is 0 Å². The lowest BCUT2D eigenvalue weighted by molar-refractivity contribution is 0.568. The van der Waals surface area contributed by atoms with Crippen LogP contribution in [0.25, 0.3) is 82.1 Å². The summed E-state index contributed by atoms with van der Waals surface area (Å²) in [5, 5.41) is 10.1. The summed E-state index contributed by atoms with van der Waals surface area (Å²) >= 11 is 0. The average Bonchev–Trinajstić information content (AvgIpc) is 3.66. The van der Waals surface area contributed by atoms with E-state index >= 15 is 0 Å². The van der Waals surface area contributed by atoms with E-state index in [-0.39, 0.29) is 21.7 Å². The van der Waals surface area contributed by atoms with Crippen LogP contribution in [0.1, 0.15) is 105 Å². The van der Waals surface area contributed by atoms with Gasteiger partial charge in [-0.05, 0) is 136 Å². The molecule has 1 heterocycles. The normalized spacial score (nSPS) is 12.9. The van der Waals surface area contributed by atoms with Crippen LogP contribution in [0.15, 0.2) is 182 Å². The van der Waals surface area contributed by atoms with Crippen LogP contribution in [0.3, 0.4) is 0 Å². The zero-order valence-corrected chi connectivity index (χ0v) is 43.2. The highest BCUT2D eigenvalue weighted by molar-refractivity contribution is 6.27. The standard InChI is InChI=1S/C68H66N2/c1-65(2,3)47-36-46(37-48(39-47)66(4,5)6)54-23-14-13-22-53(54)45-20-19-21-51(38-45)69(52-41-49(67(7,8)9)40-50(42-52)68(10,11)12)61-34-30-43-29-33-58-62(35-31-44-28-32-57(61)63(43)64(44)58)70-59-26-17-15-24-55(59)56-25-16-18-27-60(56)70/h13-42H,1-12H3. The number of benzene rings is 10. The van der Waals surface area contributed by atoms with E-state index in [4.69, 9.17) is 0 Å². The molecule has 0 fully saturated rings. The second kappa shape index (κ2) is 16.2. The Labute approximate surface area is 415 Å². The Morgan fingerprint density at radius 1 is 0.329 bits per heavy atom. The van der Waals surface area contributed by atoms with E-state index in [0.29, 0.717) is 0 Å². The average molecular weight is 911 g/mol. The molecule has 0 N–H and O–H groups in total. The first kappa shape index (κ1) is 45.3. The van der Waals surface area contributed by atoms with Crippen molar-refractivity contribution in [2.45, 2.75) is 105 Å². The first-order valence-electron chi connectivity index (χ1n) is 25.3. The Bertz CT molecular complexity index is 3690. The summed E-state index contributed by atoms with van der Waals surface area (Å²) < 4.78 is 2.47. The van der Waals surface area contributed by atoms with Gasteiger partial charge in [-0.15, -0.1) is 0 Å². The summed E-state index contributed by atoms with van der Waals surface area (Å²) in [4.78, 5) is 2.55. The Morgan fingerprint density at radius 2 is 0.786 bits per heavy atom. The van der Waals surface area contributed by atoms with Gasteiger partial charge in [0, 0.05) is 32.9 Å². The summed E-state index contributed by atoms with van der Waals surface area (Å²) in [7, 11) is 0. The minimum absolute atomic E-state index is 0.00610. The summed E-state index contributed by atoms with van der Waals surface area (Å²) in [6.07, 6.45) is 0. The zero-order valence-electron chi connectivity index (χ0n) is 43.2. The minimum Gasteiger partial charge on any atom is -0.310 e. The van der Waals surface area contributed by atoms with Gasteiger partial charge in [-0.1, -0.05) is 217 Å². The third kappa shape index (κ3) is 7.73. The summed E-state index contributed by atoms with van der Waals surface area (Å²) in [6, 6.07) is 69.3. The summed E-state index contributed by atoms with van der Waals surface area (Å²) in [5.41, 5.74) is 17.2. The van der Waals surface area contributed by atoms with E-state index < -0.39 is 0 Å². The molecule has 70 heavy (non-hydrogen) atoms. The Morgan fingerprint density at radius 3 is 1.34 bits per heavy atom. The SMILES string of the molecule is CC(C)(C)c1cc(-c2ccccc2-c2cccc(N(c3cc(C(C)(C)C)cc(C(C)(C)C)c3)c3ccc4ccc5c(-n6c7ccccc7c7ccccc76)ccc6ccc3c4c65)c2)cc(C(C)(C)C)c1. The quantitative estimate of drug-likeness (QED) is 0.151. The first-order valence-corrected chi connectivity index (χ1v) is 25.3. The van der Waals surface area contributed by atoms with Crippen LogP contribution in [0.5, 0.6) is 0 Å². The maximum absolute atomic E-state index is 2.55. The fourth-order valence-corrected chi connectivity index (χ4v) is 10.8. The van der Waals surface area contributed by atoms with Crippen LogP contribution in [-0.2, 0) is 21.7 Å². The molecular weight excluding hydrogens is 845 g/mol. The molecule has 0 aliphatic carbocycles. The zero-order chi connectivity index (χ0) is 49.1. The lowest BCUT2D eigenvalue weighted by Gasteiger charge is -2.32. The molecule has 10 aromatic carbocycles. The molecule has 11 rings (SSSR count). The number of fused-ring (bicyclic) bond motifs is 3. The number of rotatable bonds is 6. The molecule has 2 nitrogen and oxygen atoms in total. The third-order valence-corrected chi connectivity index (χ3v) is 14.9. The van der Waals surface area contributed by atoms with Crippen molar-refractivity contribution >= 4 is 71.2 Å². The molecule has 11 aromatic rings. The van der Waals surface area contributed by atoms with Crippen LogP contribution in [0, 0.1) is 0 Å². The molecule has 0 radical (unpaired) electrons. The molecule has 0 saturated carbocycles. The minimum atomic E-state index is -0.0676. The summed E-state index contributed by atoms with van der Waals surface area (Å²) in [6.45, 7) is 28.0. The van der Waals surface area contributed by atoms with Crippen molar-refractivity contribution in [2.75, 3.05) is 4.90 Å². The third-order valence-electron chi connectivity index (χ3n) is 14.9. The molecule has 0 amide bonds. The van der Waals surface area contributed by atoms with E-state index in [1.807, 2.05) is 0 Å². The molecule has 2 heteroatoms. The van der Waals surface area contributed by atoms with Crippen molar-refractivity contribution in [3.63, 3.8) is 0 Å². The van der Waals surface area contributed by atoms with E-state index in [0.717, 1.165) is 17.1 Å². The Balaban J connectivity index is 1.17. The second-order valence-electron chi connectivity index (χ2n) is 24.0. The highest BCUT2D eigenvalue weighted by Gasteiger charge is 2.27. The van der Waals surface area contributed by atoms with Crippen LogP contribution in [0.4, 0.5) is 17.1 Å². The number of nitrogens with zero attached hydrogens (tertiary/aromatic N) is 2. The van der Waals surface area contributed by atoms with E-state index in [9.17, 15) is 0 Å². The number of hydrogen-bond acceptors (Lipinski definition) is 1. The highest BCUT2D eigenvalue weighted by Crippen LogP contribution is 2.48. The predicted molar refractivity (Wildman–Crippen MR) is 305 cm³/mol. The van der Waals surface area contributed by atoms with Crippen LogP contribution in [-0.4, -0.2) is 4.57 Å². The maximum Gasteiger partial charge on any atom is 0.0541 e. The van der Waals surface area contributed by atoms with Gasteiger partial charge in [0.05, 0.1) is 22.4 Å². The molecule has 0 aliphatic heterocycles. The molecular formula is C68H66N2. The molecule has 1 aromatic heterocycles. The van der Waals surface area contributed by atoms with Crippen molar-refractivity contribution in [2.24, 2.45) is 0 Å². The Hall–Kier alpha value is -7.16. The van der Waals surface area contributed by atoms with Gasteiger partial charge < -0.3 is 9.47 Å². The van der Waals surface area contributed by atoms with Crippen molar-refractivity contribution in [3.8, 4) is 27.9 Å². The van der Waals surface area contributed by atoms with Crippen molar-refractivity contribution in [3.05, 3.63) is 204 Å². The van der Waals surface area contributed by atoms with Gasteiger partial charge in [-0.25, -0.2) is 0 Å². The van der Waals surface area contributed by atoms with Crippen molar-refractivity contribution in [1.82, 2.24) is 4.57 Å². The van der Waals surface area contributed by atoms with E-state index in [1.165, 1.54) is 104 Å². The molecule has 0 spiro atoms. The number of anilines is 3. The largest absolute Gasteiger partial charge is 0.310 e. The van der Waals surface area contributed by atoms with E-state index in [1.54, 1.807) is 0 Å². The lowest BCUT2D eigenvalue weighted by Crippen LogP contribution is -2.19. The van der Waals surface area contributed by atoms with Crippen molar-refractivity contribution < 1.29 is 0 Å². The molecule has 0 aliphatic rings. The molecule has 0 saturated heterocycles. The fourth-order valence-electron chi connectivity index (χ4n) is 10.8. The van der Waals surface area contributed by atoms with Gasteiger partial charge in [-0.3, -0.25) is 0 Å². The van der Waals surface area contributed by atoms with E-state index in [2.05, 4.69) is 275 Å². The molecule has 0 bridgehead atoms. The molecule has 0 unspecified atom stereocenters. The monoisotopic (exact) mass is 911 g/mol. The summed E-state index contributed by atoms with van der Waals surface area (Å²) in [5.74, 6) is 0. The smallest absolute Gasteiger partial charge is 0.0541 e. The van der Waals surface area contributed by atoms with Gasteiger partial charge >= 0.3 is 0 Å². The van der Waals surface area contributed by atoms with Gasteiger partial charge in [-0.2, -0.15) is 0 Å². The van der Waals surface area contributed by atoms with Crippen LogP contribution < -0.4 is 4.90 Å². The molecule has 0 atom stereocenters. The highest BCUT2D eigenvalue weighted by atomic mass is 15.1. The van der Waals surface area contributed by atoms with Crippen molar-refractivity contribution in [1.29, 1.82) is 0 Å². The first-order chi connectivity index (χ1) is 33.2. The topological polar surface area (TPSA) is 8.17 Å². The number of hydrogen-bond donors (Lipinski definition) is 0. The molecule has 348 valence electrons. The number of para-hydroxylation sites is 2. The van der Waals surface area contributed by atoms with Gasteiger partial charge in [0.2, 0.25) is 0 Å². The Kier molecular flexibility index (Phi) is 10.5. The van der Waals surface area contributed by atoms with Gasteiger partial charge in [0.25, 0.3) is 0 Å². The van der Waals surface area contributed by atoms with Gasteiger partial charge in [0.15, 0.2) is 0 Å². The predicted octanol–water partition coefficient (Wildman–Crippen LogP) is 19.7. The number of aromatic nitrogens is 1. The van der Waals surface area contributed by atoms with Crippen LogP contribution >= 0.6 is 0 Å².